The van der Waals surface area contributed by atoms with E-state index in [1.54, 1.807) is 18.2 Å². The molecule has 6 nitrogen and oxygen atoms in total. The maximum absolute atomic E-state index is 12.2. The number of amidine groups is 1. The number of thioether (sulfide) groups is 1. The summed E-state index contributed by atoms with van der Waals surface area (Å²) in [4.78, 5) is 24.3. The van der Waals surface area contributed by atoms with Crippen LogP contribution in [0.5, 0.6) is 0 Å². The van der Waals surface area contributed by atoms with Crippen molar-refractivity contribution >= 4 is 63.3 Å². The van der Waals surface area contributed by atoms with Crippen LogP contribution in [0.4, 0.5) is 5.69 Å². The van der Waals surface area contributed by atoms with Gasteiger partial charge in [0.1, 0.15) is 5.25 Å². The van der Waals surface area contributed by atoms with Crippen LogP contribution in [0.15, 0.2) is 28.4 Å². The standard InChI is InChI=1S/C17H20Cl2N4O2S/c1-9(17(2,3)4)22-23-16-21-15(25)12(26-16)8-13(24)20-11-7-5-6-10(18)14(11)19/h5-7,12H,8H2,1-4H3,(H,20,24)(H,21,23,25). The quantitative estimate of drug-likeness (QED) is 0.567. The summed E-state index contributed by atoms with van der Waals surface area (Å²) in [6.45, 7) is 7.96. The van der Waals surface area contributed by atoms with E-state index in [9.17, 15) is 9.59 Å². The molecule has 1 saturated heterocycles. The minimum atomic E-state index is -0.572. The molecular formula is C17H20Cl2N4O2S. The SMILES string of the molecule is CC(=NN=C1NC(=O)C(CC(=O)Nc2cccc(Cl)c2Cl)S1)C(C)(C)C. The molecule has 2 rings (SSSR count). The van der Waals surface area contributed by atoms with E-state index in [-0.39, 0.29) is 28.7 Å². The first-order chi connectivity index (χ1) is 12.1. The molecular weight excluding hydrogens is 395 g/mol. The molecule has 0 aliphatic carbocycles. The fourth-order valence-corrected chi connectivity index (χ4v) is 3.09. The fourth-order valence-electron chi connectivity index (χ4n) is 1.83. The molecule has 1 unspecified atom stereocenters. The number of hydrogen-bond acceptors (Lipinski definition) is 5. The predicted octanol–water partition coefficient (Wildman–Crippen LogP) is 4.33. The highest BCUT2D eigenvalue weighted by Crippen LogP contribution is 2.30. The van der Waals surface area contributed by atoms with Gasteiger partial charge in [-0.3, -0.25) is 9.59 Å². The minimum absolute atomic E-state index is 0.0136. The number of amides is 2. The number of carbonyl (C=O) groups excluding carboxylic acids is 2. The molecule has 0 spiro atoms. The number of hydrogen-bond donors (Lipinski definition) is 2. The molecule has 0 aromatic heterocycles. The summed E-state index contributed by atoms with van der Waals surface area (Å²) in [5, 5.41) is 14.0. The smallest absolute Gasteiger partial charge is 0.240 e. The van der Waals surface area contributed by atoms with Crippen molar-refractivity contribution < 1.29 is 9.59 Å². The van der Waals surface area contributed by atoms with Crippen molar-refractivity contribution in [1.82, 2.24) is 5.32 Å². The highest BCUT2D eigenvalue weighted by atomic mass is 35.5. The molecule has 0 saturated carbocycles. The van der Waals surface area contributed by atoms with Gasteiger partial charge in [-0.05, 0) is 19.1 Å². The largest absolute Gasteiger partial charge is 0.325 e. The molecule has 1 aliphatic heterocycles. The van der Waals surface area contributed by atoms with Crippen LogP contribution in [0.25, 0.3) is 0 Å². The van der Waals surface area contributed by atoms with Crippen molar-refractivity contribution in [3.05, 3.63) is 28.2 Å². The van der Waals surface area contributed by atoms with E-state index < -0.39 is 5.25 Å². The van der Waals surface area contributed by atoms with Gasteiger partial charge in [0.25, 0.3) is 0 Å². The average Bonchev–Trinajstić information content (AvgIpc) is 2.88. The second-order valence-corrected chi connectivity index (χ2v) is 8.77. The molecule has 1 aromatic rings. The lowest BCUT2D eigenvalue weighted by molar-refractivity contribution is -0.122. The second-order valence-electron chi connectivity index (χ2n) is 6.79. The van der Waals surface area contributed by atoms with Gasteiger partial charge < -0.3 is 10.6 Å². The van der Waals surface area contributed by atoms with Crippen LogP contribution in [-0.2, 0) is 9.59 Å². The van der Waals surface area contributed by atoms with E-state index in [2.05, 4.69) is 20.8 Å². The average molecular weight is 415 g/mol. The summed E-state index contributed by atoms with van der Waals surface area (Å²) in [5.41, 5.74) is 1.15. The zero-order chi connectivity index (χ0) is 19.5. The zero-order valence-corrected chi connectivity index (χ0v) is 17.2. The molecule has 0 bridgehead atoms. The second kappa shape index (κ2) is 8.41. The van der Waals surface area contributed by atoms with Crippen LogP contribution >= 0.6 is 35.0 Å². The maximum atomic E-state index is 12.2. The van der Waals surface area contributed by atoms with Gasteiger partial charge in [0.05, 0.1) is 15.7 Å². The monoisotopic (exact) mass is 414 g/mol. The lowest BCUT2D eigenvalue weighted by Crippen LogP contribution is -2.28. The Hall–Kier alpha value is -1.57. The third-order valence-electron chi connectivity index (χ3n) is 3.75. The fraction of sp³-hybridized carbons (Fsp3) is 0.412. The summed E-state index contributed by atoms with van der Waals surface area (Å²) in [6, 6.07) is 4.95. The number of halogens is 2. The van der Waals surface area contributed by atoms with Gasteiger partial charge in [-0.15, -0.1) is 5.10 Å². The molecule has 0 radical (unpaired) electrons. The Balaban J connectivity index is 1.99. The summed E-state index contributed by atoms with van der Waals surface area (Å²) >= 11 is 13.2. The summed E-state index contributed by atoms with van der Waals surface area (Å²) in [6.07, 6.45) is -0.0136. The Morgan fingerprint density at radius 2 is 2.04 bits per heavy atom. The van der Waals surface area contributed by atoms with E-state index in [0.717, 1.165) is 5.71 Å². The zero-order valence-electron chi connectivity index (χ0n) is 14.9. The van der Waals surface area contributed by atoms with E-state index in [1.807, 2.05) is 27.7 Å². The van der Waals surface area contributed by atoms with Crippen molar-refractivity contribution in [1.29, 1.82) is 0 Å². The number of nitrogens with zero attached hydrogens (tertiary/aromatic N) is 2. The van der Waals surface area contributed by atoms with Gasteiger partial charge in [0, 0.05) is 17.5 Å². The predicted molar refractivity (Wildman–Crippen MR) is 109 cm³/mol. The van der Waals surface area contributed by atoms with Gasteiger partial charge >= 0.3 is 0 Å². The molecule has 2 amide bonds. The Labute approximate surface area is 166 Å². The van der Waals surface area contributed by atoms with Crippen LogP contribution in [0.1, 0.15) is 34.1 Å². The van der Waals surface area contributed by atoms with Crippen LogP contribution in [0, 0.1) is 5.41 Å². The summed E-state index contributed by atoms with van der Waals surface area (Å²) < 4.78 is 0. The van der Waals surface area contributed by atoms with Gasteiger partial charge in [-0.25, -0.2) is 0 Å². The van der Waals surface area contributed by atoms with Crippen LogP contribution < -0.4 is 10.6 Å². The molecule has 26 heavy (non-hydrogen) atoms. The van der Waals surface area contributed by atoms with E-state index in [1.165, 1.54) is 11.8 Å². The van der Waals surface area contributed by atoms with E-state index in [0.29, 0.717) is 15.9 Å². The summed E-state index contributed by atoms with van der Waals surface area (Å²) in [7, 11) is 0. The van der Waals surface area contributed by atoms with Crippen molar-refractivity contribution in [2.45, 2.75) is 39.4 Å². The third kappa shape index (κ3) is 5.46. The van der Waals surface area contributed by atoms with Gasteiger partial charge in [0.2, 0.25) is 11.8 Å². The highest BCUT2D eigenvalue weighted by Gasteiger charge is 2.32. The number of anilines is 1. The highest BCUT2D eigenvalue weighted by molar-refractivity contribution is 8.15. The molecule has 1 aromatic carbocycles. The molecule has 1 aliphatic rings. The lowest BCUT2D eigenvalue weighted by atomic mass is 9.91. The Morgan fingerprint density at radius 3 is 2.69 bits per heavy atom. The molecule has 1 fully saturated rings. The van der Waals surface area contributed by atoms with Crippen molar-refractivity contribution in [2.24, 2.45) is 15.6 Å². The molecule has 140 valence electrons. The van der Waals surface area contributed by atoms with E-state index >= 15 is 0 Å². The minimum Gasteiger partial charge on any atom is -0.325 e. The van der Waals surface area contributed by atoms with Crippen molar-refractivity contribution in [3.63, 3.8) is 0 Å². The van der Waals surface area contributed by atoms with Crippen LogP contribution in [-0.4, -0.2) is 27.9 Å². The molecule has 9 heteroatoms. The van der Waals surface area contributed by atoms with Crippen molar-refractivity contribution in [3.8, 4) is 0 Å². The number of nitrogens with one attached hydrogen (secondary N) is 2. The van der Waals surface area contributed by atoms with Crippen LogP contribution in [0.2, 0.25) is 10.0 Å². The van der Waals surface area contributed by atoms with Gasteiger partial charge in [0.15, 0.2) is 5.17 Å². The van der Waals surface area contributed by atoms with Gasteiger partial charge in [-0.1, -0.05) is 61.8 Å². The first-order valence-corrected chi connectivity index (χ1v) is 9.55. The molecule has 1 heterocycles. The number of rotatable bonds is 4. The molecule has 1 atom stereocenters. The van der Waals surface area contributed by atoms with Crippen LogP contribution in [0.3, 0.4) is 0 Å². The normalized spacial score (nSPS) is 19.6. The Morgan fingerprint density at radius 1 is 1.35 bits per heavy atom. The third-order valence-corrected chi connectivity index (χ3v) is 5.64. The van der Waals surface area contributed by atoms with Crippen molar-refractivity contribution in [2.75, 3.05) is 5.32 Å². The molecule has 2 N–H and O–H groups in total. The Kier molecular flexibility index (Phi) is 6.71. The topological polar surface area (TPSA) is 82.9 Å². The van der Waals surface area contributed by atoms with E-state index in [4.69, 9.17) is 23.2 Å². The maximum Gasteiger partial charge on any atom is 0.240 e. The number of carbonyl (C=O) groups is 2. The summed E-state index contributed by atoms with van der Waals surface area (Å²) in [5.74, 6) is -0.609. The first kappa shape index (κ1) is 20.7. The Bertz CT molecular complexity index is 787. The lowest BCUT2D eigenvalue weighted by Gasteiger charge is -2.16. The van der Waals surface area contributed by atoms with Gasteiger partial charge in [-0.2, -0.15) is 5.10 Å². The number of benzene rings is 1. The first-order valence-electron chi connectivity index (χ1n) is 7.92.